The largest absolute Gasteiger partial charge is 0.394 e. The first-order valence-corrected chi connectivity index (χ1v) is 14.1. The van der Waals surface area contributed by atoms with E-state index in [0.717, 1.165) is 28.5 Å². The molecule has 4 aromatic rings. The van der Waals surface area contributed by atoms with Crippen molar-refractivity contribution in [3.63, 3.8) is 0 Å². The van der Waals surface area contributed by atoms with E-state index < -0.39 is 58.8 Å². The number of nitrogens with one attached hydrogen (secondary N) is 3. The Balaban J connectivity index is 1.45. The lowest BCUT2D eigenvalue weighted by atomic mass is 9.79. The molecule has 39 heavy (non-hydrogen) atoms. The minimum Gasteiger partial charge on any atom is -0.394 e. The highest BCUT2D eigenvalue weighted by Crippen LogP contribution is 2.45. The van der Waals surface area contributed by atoms with Crippen LogP contribution in [0.5, 0.6) is 0 Å². The SMILES string of the molecule is CS(=O)(=O)N[C@@H]1c2ccccc2-c2ccccc2[C@H]1Nc1nc2c(ncn2[C@@H]2O[C@H](CO)[C@@H](O)[C@H]2O)c(=O)[nH]1. The Morgan fingerprint density at radius 1 is 1.03 bits per heavy atom. The van der Waals surface area contributed by atoms with Gasteiger partial charge >= 0.3 is 0 Å². The number of aromatic amines is 1. The normalized spacial score (nSPS) is 26.4. The highest BCUT2D eigenvalue weighted by Gasteiger charge is 2.44. The van der Waals surface area contributed by atoms with Crippen molar-refractivity contribution in [1.82, 2.24) is 24.2 Å². The van der Waals surface area contributed by atoms with Crippen LogP contribution in [0.4, 0.5) is 5.95 Å². The molecule has 0 bridgehead atoms. The third kappa shape index (κ3) is 4.40. The van der Waals surface area contributed by atoms with Gasteiger partial charge in [0.25, 0.3) is 5.56 Å². The topological polar surface area (TPSA) is 192 Å². The molecule has 204 valence electrons. The third-order valence-electron chi connectivity index (χ3n) is 7.07. The van der Waals surface area contributed by atoms with E-state index in [2.05, 4.69) is 25.0 Å². The molecule has 6 atom stereocenters. The van der Waals surface area contributed by atoms with E-state index in [1.54, 1.807) is 0 Å². The summed E-state index contributed by atoms with van der Waals surface area (Å²) in [6.07, 6.45) is -2.58. The lowest BCUT2D eigenvalue weighted by Gasteiger charge is -2.36. The molecule has 0 spiro atoms. The number of rotatable bonds is 6. The highest BCUT2D eigenvalue weighted by molar-refractivity contribution is 7.88. The van der Waals surface area contributed by atoms with E-state index in [1.165, 1.54) is 10.9 Å². The highest BCUT2D eigenvalue weighted by atomic mass is 32.2. The van der Waals surface area contributed by atoms with E-state index in [1.807, 2.05) is 48.5 Å². The fraction of sp³-hybridized carbons (Fsp3) is 0.320. The van der Waals surface area contributed by atoms with E-state index in [0.29, 0.717) is 0 Å². The molecule has 1 aliphatic heterocycles. The van der Waals surface area contributed by atoms with Crippen LogP contribution in [0.1, 0.15) is 29.4 Å². The van der Waals surface area contributed by atoms with Gasteiger partial charge in [0.1, 0.15) is 18.3 Å². The summed E-state index contributed by atoms with van der Waals surface area (Å²) < 4.78 is 34.5. The Morgan fingerprint density at radius 3 is 2.28 bits per heavy atom. The zero-order valence-corrected chi connectivity index (χ0v) is 21.4. The number of sulfonamides is 1. The number of hydrogen-bond acceptors (Lipinski definition) is 10. The molecule has 2 aromatic carbocycles. The molecule has 0 amide bonds. The first kappa shape index (κ1) is 25.6. The predicted molar refractivity (Wildman–Crippen MR) is 140 cm³/mol. The number of aliphatic hydroxyl groups excluding tert-OH is 3. The first-order valence-electron chi connectivity index (χ1n) is 12.2. The second-order valence-corrected chi connectivity index (χ2v) is 11.4. The van der Waals surface area contributed by atoms with Crippen molar-refractivity contribution < 1.29 is 28.5 Å². The number of hydrogen-bond donors (Lipinski definition) is 6. The Labute approximate surface area is 222 Å². The number of aliphatic hydroxyl groups is 3. The Morgan fingerprint density at radius 2 is 1.67 bits per heavy atom. The molecule has 1 fully saturated rings. The predicted octanol–water partition coefficient (Wildman–Crippen LogP) is 0.155. The summed E-state index contributed by atoms with van der Waals surface area (Å²) in [4.78, 5) is 24.2. The fourth-order valence-electron chi connectivity index (χ4n) is 5.35. The smallest absolute Gasteiger partial charge is 0.280 e. The molecule has 0 unspecified atom stereocenters. The zero-order chi connectivity index (χ0) is 27.5. The van der Waals surface area contributed by atoms with Crippen molar-refractivity contribution in [3.05, 3.63) is 76.3 Å². The van der Waals surface area contributed by atoms with Crippen LogP contribution in [0.25, 0.3) is 22.3 Å². The monoisotopic (exact) mass is 554 g/mol. The van der Waals surface area contributed by atoms with Gasteiger partial charge in [-0.05, 0) is 22.3 Å². The molecule has 13 nitrogen and oxygen atoms in total. The van der Waals surface area contributed by atoms with Crippen LogP contribution in [0.2, 0.25) is 0 Å². The summed E-state index contributed by atoms with van der Waals surface area (Å²) in [6, 6.07) is 13.6. The molecular formula is C25H26N6O7S. The van der Waals surface area contributed by atoms with Gasteiger partial charge in [0, 0.05) is 0 Å². The van der Waals surface area contributed by atoms with Crippen LogP contribution in [0.3, 0.4) is 0 Å². The second kappa shape index (κ2) is 9.51. The fourth-order valence-corrected chi connectivity index (χ4v) is 6.07. The molecule has 6 rings (SSSR count). The van der Waals surface area contributed by atoms with Gasteiger partial charge in [0.05, 0.1) is 31.3 Å². The molecule has 3 heterocycles. The van der Waals surface area contributed by atoms with Crippen LogP contribution in [0.15, 0.2) is 59.7 Å². The van der Waals surface area contributed by atoms with E-state index in [4.69, 9.17) is 4.74 Å². The maximum Gasteiger partial charge on any atom is 0.280 e. The molecule has 14 heteroatoms. The summed E-state index contributed by atoms with van der Waals surface area (Å²) in [5.41, 5.74) is 2.77. The van der Waals surface area contributed by atoms with Gasteiger partial charge in [0.15, 0.2) is 17.4 Å². The average Bonchev–Trinajstić information content (AvgIpc) is 3.46. The van der Waals surface area contributed by atoms with Crippen molar-refractivity contribution in [2.24, 2.45) is 0 Å². The quantitative estimate of drug-likeness (QED) is 0.191. The standard InChI is InChI=1S/C25H26N6O7S/c1-39(36,37)30-18-15-9-5-3-7-13(15)12-6-2-4-8-14(12)17(18)27-25-28-22-19(23(35)29-25)26-11-31(22)24-21(34)20(33)16(10-32)38-24/h2-9,11,16-18,20-21,24,30,32-34H,10H2,1H3,(H2,27,28,29,35)/t16-,17-,18-,20-,21-,24-/m1/s1. The lowest BCUT2D eigenvalue weighted by molar-refractivity contribution is -0.0511. The van der Waals surface area contributed by atoms with Gasteiger partial charge < -0.3 is 25.4 Å². The Hall–Kier alpha value is -3.66. The number of anilines is 1. The number of benzene rings is 2. The van der Waals surface area contributed by atoms with E-state index in [-0.39, 0.29) is 17.1 Å². The minimum atomic E-state index is -3.65. The van der Waals surface area contributed by atoms with Gasteiger partial charge in [-0.15, -0.1) is 0 Å². The van der Waals surface area contributed by atoms with E-state index in [9.17, 15) is 28.5 Å². The van der Waals surface area contributed by atoms with Crippen molar-refractivity contribution >= 4 is 27.1 Å². The Bertz CT molecular complexity index is 1720. The minimum absolute atomic E-state index is 0.0282. The molecular weight excluding hydrogens is 528 g/mol. The summed E-state index contributed by atoms with van der Waals surface area (Å²) >= 11 is 0. The third-order valence-corrected chi connectivity index (χ3v) is 7.75. The average molecular weight is 555 g/mol. The summed E-state index contributed by atoms with van der Waals surface area (Å²) in [7, 11) is -3.65. The van der Waals surface area contributed by atoms with Crippen molar-refractivity contribution in [2.45, 2.75) is 36.6 Å². The van der Waals surface area contributed by atoms with Crippen LogP contribution in [-0.2, 0) is 14.8 Å². The molecule has 1 aliphatic carbocycles. The maximum absolute atomic E-state index is 13.0. The van der Waals surface area contributed by atoms with Gasteiger partial charge in [-0.3, -0.25) is 14.3 Å². The molecule has 2 aliphatic rings. The second-order valence-electron chi connectivity index (χ2n) is 9.63. The van der Waals surface area contributed by atoms with Crippen LogP contribution < -0.4 is 15.6 Å². The zero-order valence-electron chi connectivity index (χ0n) is 20.6. The lowest BCUT2D eigenvalue weighted by Crippen LogP contribution is -2.37. The van der Waals surface area contributed by atoms with E-state index >= 15 is 0 Å². The summed E-state index contributed by atoms with van der Waals surface area (Å²) in [6.45, 7) is -0.514. The maximum atomic E-state index is 13.0. The number of H-pyrrole nitrogens is 1. The number of imidazole rings is 1. The number of ether oxygens (including phenoxy) is 1. The summed E-state index contributed by atoms with van der Waals surface area (Å²) in [5, 5.41) is 33.4. The van der Waals surface area contributed by atoms with Crippen LogP contribution in [-0.4, -0.2) is 74.4 Å². The summed E-state index contributed by atoms with van der Waals surface area (Å²) in [5.74, 6) is 0.0282. The van der Waals surface area contributed by atoms with Crippen LogP contribution >= 0.6 is 0 Å². The number of fused-ring (bicyclic) bond motifs is 4. The molecule has 0 radical (unpaired) electrons. The van der Waals surface area contributed by atoms with Gasteiger partial charge in [-0.1, -0.05) is 48.5 Å². The number of nitrogens with zero attached hydrogens (tertiary/aromatic N) is 3. The molecule has 2 aromatic heterocycles. The van der Waals surface area contributed by atoms with Crippen molar-refractivity contribution in [2.75, 3.05) is 18.2 Å². The van der Waals surface area contributed by atoms with Gasteiger partial charge in [0.2, 0.25) is 16.0 Å². The van der Waals surface area contributed by atoms with Crippen molar-refractivity contribution in [1.29, 1.82) is 0 Å². The van der Waals surface area contributed by atoms with Gasteiger partial charge in [-0.2, -0.15) is 4.98 Å². The van der Waals surface area contributed by atoms with Crippen LogP contribution in [0, 0.1) is 0 Å². The number of aromatic nitrogens is 4. The molecule has 1 saturated heterocycles. The first-order chi connectivity index (χ1) is 18.7. The molecule has 0 saturated carbocycles. The Kier molecular flexibility index (Phi) is 6.25. The molecule has 6 N–H and O–H groups in total. The van der Waals surface area contributed by atoms with Gasteiger partial charge in [-0.25, -0.2) is 18.1 Å². The van der Waals surface area contributed by atoms with Crippen molar-refractivity contribution in [3.8, 4) is 11.1 Å².